The van der Waals surface area contributed by atoms with Crippen molar-refractivity contribution in [3.8, 4) is 16.3 Å². The molecule has 0 saturated carbocycles. The fourth-order valence-electron chi connectivity index (χ4n) is 1.28. The zero-order valence-corrected chi connectivity index (χ0v) is 10.6. The lowest BCUT2D eigenvalue weighted by molar-refractivity contribution is 0.398. The van der Waals surface area contributed by atoms with E-state index in [1.54, 1.807) is 18.3 Å². The van der Waals surface area contributed by atoms with Crippen molar-refractivity contribution in [2.24, 2.45) is 5.14 Å². The summed E-state index contributed by atoms with van der Waals surface area (Å²) in [5, 5.41) is 5.04. The quantitative estimate of drug-likeness (QED) is 0.915. The fraction of sp³-hybridized carbons (Fsp3) is 0.100. The Bertz CT molecular complexity index is 617. The Kier molecular flexibility index (Phi) is 3.14. The number of methoxy groups -OCH3 is 1. The van der Waals surface area contributed by atoms with E-state index in [1.165, 1.54) is 13.2 Å². The number of hydrogen-bond acceptors (Lipinski definition) is 5. The SMILES string of the molecule is COc1ccc(-c2ccc(S(N)(=O)=O)s2)cn1. The summed E-state index contributed by atoms with van der Waals surface area (Å²) in [4.78, 5) is 4.84. The Balaban J connectivity index is 2.37. The van der Waals surface area contributed by atoms with Crippen molar-refractivity contribution in [1.82, 2.24) is 4.98 Å². The van der Waals surface area contributed by atoms with Gasteiger partial charge in [0, 0.05) is 22.7 Å². The van der Waals surface area contributed by atoms with E-state index in [9.17, 15) is 8.42 Å². The zero-order valence-electron chi connectivity index (χ0n) is 8.95. The van der Waals surface area contributed by atoms with Crippen LogP contribution in [0.3, 0.4) is 0 Å². The van der Waals surface area contributed by atoms with Gasteiger partial charge in [-0.05, 0) is 18.2 Å². The van der Waals surface area contributed by atoms with Crippen molar-refractivity contribution in [2.45, 2.75) is 4.21 Å². The van der Waals surface area contributed by atoms with Gasteiger partial charge in [-0.2, -0.15) is 0 Å². The van der Waals surface area contributed by atoms with Crippen LogP contribution in [0.5, 0.6) is 5.88 Å². The van der Waals surface area contributed by atoms with Gasteiger partial charge in [-0.15, -0.1) is 11.3 Å². The lowest BCUT2D eigenvalue weighted by Crippen LogP contribution is -2.09. The Morgan fingerprint density at radius 2 is 2.06 bits per heavy atom. The van der Waals surface area contributed by atoms with Crippen LogP contribution in [0.25, 0.3) is 10.4 Å². The van der Waals surface area contributed by atoms with Crippen LogP contribution in [0.1, 0.15) is 0 Å². The highest BCUT2D eigenvalue weighted by Crippen LogP contribution is 2.30. The minimum Gasteiger partial charge on any atom is -0.481 e. The summed E-state index contributed by atoms with van der Waals surface area (Å²) in [5.74, 6) is 0.511. The fourth-order valence-corrected chi connectivity index (χ4v) is 2.99. The highest BCUT2D eigenvalue weighted by Gasteiger charge is 2.12. The maximum atomic E-state index is 11.1. The number of rotatable bonds is 3. The van der Waals surface area contributed by atoms with Crippen molar-refractivity contribution >= 4 is 21.4 Å². The first-order valence-corrected chi connectivity index (χ1v) is 7.00. The van der Waals surface area contributed by atoms with Gasteiger partial charge in [0.1, 0.15) is 4.21 Å². The predicted molar refractivity (Wildman–Crippen MR) is 65.5 cm³/mol. The summed E-state index contributed by atoms with van der Waals surface area (Å²) >= 11 is 1.11. The number of thiophene rings is 1. The van der Waals surface area contributed by atoms with E-state index < -0.39 is 10.0 Å². The van der Waals surface area contributed by atoms with Gasteiger partial charge < -0.3 is 4.74 Å². The van der Waals surface area contributed by atoms with Crippen molar-refractivity contribution < 1.29 is 13.2 Å². The van der Waals surface area contributed by atoms with E-state index in [2.05, 4.69) is 4.98 Å². The largest absolute Gasteiger partial charge is 0.481 e. The predicted octanol–water partition coefficient (Wildman–Crippen LogP) is 1.47. The second-order valence-electron chi connectivity index (χ2n) is 3.25. The van der Waals surface area contributed by atoms with E-state index in [0.29, 0.717) is 5.88 Å². The summed E-state index contributed by atoms with van der Waals surface area (Å²) in [5.41, 5.74) is 0.825. The molecule has 0 saturated heterocycles. The smallest absolute Gasteiger partial charge is 0.247 e. The molecule has 0 aliphatic rings. The summed E-state index contributed by atoms with van der Waals surface area (Å²) in [6.45, 7) is 0. The van der Waals surface area contributed by atoms with Gasteiger partial charge in [-0.25, -0.2) is 18.5 Å². The first-order valence-electron chi connectivity index (χ1n) is 4.64. The normalized spacial score (nSPS) is 11.4. The molecule has 5 nitrogen and oxygen atoms in total. The molecule has 0 unspecified atom stereocenters. The van der Waals surface area contributed by atoms with Crippen LogP contribution in [0, 0.1) is 0 Å². The molecule has 0 aliphatic heterocycles. The summed E-state index contributed by atoms with van der Waals surface area (Å²) in [6, 6.07) is 6.71. The van der Waals surface area contributed by atoms with Gasteiger partial charge in [0.15, 0.2) is 0 Å². The van der Waals surface area contributed by atoms with Gasteiger partial charge in [0.05, 0.1) is 7.11 Å². The molecule has 7 heteroatoms. The Hall–Kier alpha value is -1.44. The molecule has 0 aliphatic carbocycles. The minimum absolute atomic E-state index is 0.142. The molecular formula is C10H10N2O3S2. The standard InChI is InChI=1S/C10H10N2O3S2/c1-15-9-4-2-7(6-12-9)8-3-5-10(16-8)17(11,13)14/h2-6H,1H3,(H2,11,13,14). The number of sulfonamides is 1. The van der Waals surface area contributed by atoms with Crippen LogP contribution in [-0.4, -0.2) is 20.5 Å². The van der Waals surface area contributed by atoms with Crippen LogP contribution in [-0.2, 0) is 10.0 Å². The van der Waals surface area contributed by atoms with Gasteiger partial charge in [-0.1, -0.05) is 0 Å². The molecule has 90 valence electrons. The molecule has 2 N–H and O–H groups in total. The second-order valence-corrected chi connectivity index (χ2v) is 6.12. The van der Waals surface area contributed by atoms with E-state index in [1.807, 2.05) is 6.07 Å². The van der Waals surface area contributed by atoms with E-state index in [4.69, 9.17) is 9.88 Å². The molecule has 0 amide bonds. The number of nitrogens with two attached hydrogens (primary N) is 1. The zero-order chi connectivity index (χ0) is 12.5. The number of pyridine rings is 1. The molecule has 2 heterocycles. The molecule has 0 bridgehead atoms. The third-order valence-corrected chi connectivity index (χ3v) is 4.66. The van der Waals surface area contributed by atoms with E-state index in [0.717, 1.165) is 21.8 Å². The maximum Gasteiger partial charge on any atom is 0.247 e. The maximum absolute atomic E-state index is 11.1. The topological polar surface area (TPSA) is 82.3 Å². The van der Waals surface area contributed by atoms with Crippen LogP contribution >= 0.6 is 11.3 Å². The lowest BCUT2D eigenvalue weighted by atomic mass is 10.2. The molecule has 0 aromatic carbocycles. The highest BCUT2D eigenvalue weighted by molar-refractivity contribution is 7.91. The summed E-state index contributed by atoms with van der Waals surface area (Å²) in [6.07, 6.45) is 1.62. The van der Waals surface area contributed by atoms with Crippen LogP contribution in [0.2, 0.25) is 0 Å². The molecule has 2 aromatic heterocycles. The second kappa shape index (κ2) is 4.44. The highest BCUT2D eigenvalue weighted by atomic mass is 32.2. The summed E-state index contributed by atoms with van der Waals surface area (Å²) < 4.78 is 27.3. The average molecular weight is 270 g/mol. The Morgan fingerprint density at radius 3 is 2.53 bits per heavy atom. The van der Waals surface area contributed by atoms with Crippen molar-refractivity contribution in [1.29, 1.82) is 0 Å². The van der Waals surface area contributed by atoms with Gasteiger partial charge in [0.2, 0.25) is 15.9 Å². The molecular weight excluding hydrogens is 260 g/mol. The third-order valence-electron chi connectivity index (χ3n) is 2.09. The average Bonchev–Trinajstić information content (AvgIpc) is 2.78. The molecule has 0 atom stereocenters. The molecule has 0 radical (unpaired) electrons. The first-order chi connectivity index (χ1) is 8.00. The molecule has 2 rings (SSSR count). The van der Waals surface area contributed by atoms with Crippen molar-refractivity contribution in [2.75, 3.05) is 7.11 Å². The van der Waals surface area contributed by atoms with Gasteiger partial charge in [0.25, 0.3) is 0 Å². The Morgan fingerprint density at radius 1 is 1.29 bits per heavy atom. The Labute approximate surface area is 103 Å². The molecule has 0 fully saturated rings. The van der Waals surface area contributed by atoms with Crippen molar-refractivity contribution in [3.05, 3.63) is 30.5 Å². The molecule has 0 spiro atoms. The van der Waals surface area contributed by atoms with Crippen molar-refractivity contribution in [3.63, 3.8) is 0 Å². The summed E-state index contributed by atoms with van der Waals surface area (Å²) in [7, 11) is -2.10. The van der Waals surface area contributed by atoms with Gasteiger partial charge in [-0.3, -0.25) is 0 Å². The van der Waals surface area contributed by atoms with Crippen LogP contribution in [0.15, 0.2) is 34.7 Å². The van der Waals surface area contributed by atoms with E-state index >= 15 is 0 Å². The van der Waals surface area contributed by atoms with E-state index in [-0.39, 0.29) is 4.21 Å². The number of hydrogen-bond donors (Lipinski definition) is 1. The first kappa shape index (κ1) is 12.0. The van der Waals surface area contributed by atoms with Crippen LogP contribution in [0.4, 0.5) is 0 Å². The monoisotopic (exact) mass is 270 g/mol. The van der Waals surface area contributed by atoms with Gasteiger partial charge >= 0.3 is 0 Å². The number of ether oxygens (including phenoxy) is 1. The lowest BCUT2D eigenvalue weighted by Gasteiger charge is -1.99. The molecule has 17 heavy (non-hydrogen) atoms. The molecule has 2 aromatic rings. The number of aromatic nitrogens is 1. The number of nitrogens with zero attached hydrogens (tertiary/aromatic N) is 1. The third kappa shape index (κ3) is 2.63. The van der Waals surface area contributed by atoms with Crippen LogP contribution < -0.4 is 9.88 Å². The minimum atomic E-state index is -3.63. The number of primary sulfonamides is 1.